The van der Waals surface area contributed by atoms with Crippen LogP contribution in [0.15, 0.2) is 0 Å². The van der Waals surface area contributed by atoms with Gasteiger partial charge >= 0.3 is 0 Å². The molecule has 162 valence electrons. The minimum absolute atomic E-state index is 0.256. The van der Waals surface area contributed by atoms with Crippen molar-refractivity contribution in [3.05, 3.63) is 0 Å². The lowest BCUT2D eigenvalue weighted by molar-refractivity contribution is -0.148. The third-order valence-corrected chi connectivity index (χ3v) is 3.81. The van der Waals surface area contributed by atoms with Gasteiger partial charge in [-0.1, -0.05) is 0 Å². The molecule has 12 heteroatoms. The van der Waals surface area contributed by atoms with E-state index in [9.17, 15) is 0 Å². The van der Waals surface area contributed by atoms with Gasteiger partial charge in [-0.15, -0.1) is 0 Å². The van der Waals surface area contributed by atoms with Crippen LogP contribution in [0.4, 0.5) is 0 Å². The molecule has 0 aromatic carbocycles. The Bertz CT molecular complexity index is 295. The lowest BCUT2D eigenvalue weighted by atomic mass is 10.4. The predicted octanol–water partition coefficient (Wildman–Crippen LogP) is -1.85. The van der Waals surface area contributed by atoms with E-state index in [1.54, 1.807) is 42.7 Å². The van der Waals surface area contributed by atoms with Gasteiger partial charge in [-0.3, -0.25) is 16.0 Å². The van der Waals surface area contributed by atoms with Crippen LogP contribution in [0.1, 0.15) is 0 Å². The van der Waals surface area contributed by atoms with Crippen LogP contribution in [-0.2, 0) is 28.4 Å². The molecule has 0 spiro atoms. The summed E-state index contributed by atoms with van der Waals surface area (Å²) in [6.45, 7) is 2.26. The fourth-order valence-corrected chi connectivity index (χ4v) is 2.78. The molecule has 3 N–H and O–H groups in total. The number of ether oxygens (including phenoxy) is 6. The SMILES string of the molecule is COCN(COC)C1NC(N(COC)COC)NC(N(COC)COC)N1. The summed E-state index contributed by atoms with van der Waals surface area (Å²) >= 11 is 0. The molecule has 1 heterocycles. The molecule has 1 fully saturated rings. The number of nitrogens with zero attached hydrogens (tertiary/aromatic N) is 3. The summed E-state index contributed by atoms with van der Waals surface area (Å²) in [6, 6.07) is 0. The van der Waals surface area contributed by atoms with Crippen molar-refractivity contribution in [2.75, 3.05) is 83.0 Å². The van der Waals surface area contributed by atoms with E-state index in [1.165, 1.54) is 0 Å². The number of nitrogens with one attached hydrogen (secondary N) is 3. The Morgan fingerprint density at radius 2 is 0.630 bits per heavy atom. The lowest BCUT2D eigenvalue weighted by Gasteiger charge is -2.48. The van der Waals surface area contributed by atoms with Gasteiger partial charge in [0.1, 0.15) is 59.3 Å². The first-order valence-corrected chi connectivity index (χ1v) is 8.59. The van der Waals surface area contributed by atoms with Crippen molar-refractivity contribution in [2.24, 2.45) is 0 Å². The molecule has 0 radical (unpaired) electrons. The van der Waals surface area contributed by atoms with Gasteiger partial charge in [-0.2, -0.15) is 0 Å². The largest absolute Gasteiger partial charge is 0.369 e. The Balaban J connectivity index is 3.01. The highest BCUT2D eigenvalue weighted by molar-refractivity contribution is 4.81. The van der Waals surface area contributed by atoms with Crippen molar-refractivity contribution < 1.29 is 28.4 Å². The summed E-state index contributed by atoms with van der Waals surface area (Å²) in [7, 11) is 9.85. The normalized spacial score (nSPS) is 23.7. The fourth-order valence-electron chi connectivity index (χ4n) is 2.78. The van der Waals surface area contributed by atoms with Gasteiger partial charge in [-0.05, 0) is 0 Å². The molecule has 0 atom stereocenters. The van der Waals surface area contributed by atoms with Crippen LogP contribution in [0.3, 0.4) is 0 Å². The lowest BCUT2D eigenvalue weighted by Crippen LogP contribution is -2.78. The maximum absolute atomic E-state index is 5.31. The molecule has 27 heavy (non-hydrogen) atoms. The highest BCUT2D eigenvalue weighted by atomic mass is 16.5. The molecule has 1 aliphatic heterocycles. The molecule has 1 aliphatic rings. The number of hydrogen-bond donors (Lipinski definition) is 3. The fraction of sp³-hybridized carbons (Fsp3) is 1.00. The van der Waals surface area contributed by atoms with Gasteiger partial charge in [0, 0.05) is 42.7 Å². The van der Waals surface area contributed by atoms with Crippen LogP contribution in [0.25, 0.3) is 0 Å². The molecule has 1 saturated heterocycles. The first kappa shape index (κ1) is 24.6. The highest BCUT2D eigenvalue weighted by Gasteiger charge is 2.36. The third-order valence-electron chi connectivity index (χ3n) is 3.81. The second-order valence-corrected chi connectivity index (χ2v) is 5.98. The van der Waals surface area contributed by atoms with Crippen molar-refractivity contribution in [1.29, 1.82) is 0 Å². The van der Waals surface area contributed by atoms with Crippen molar-refractivity contribution in [3.8, 4) is 0 Å². The molecule has 0 aromatic rings. The first-order valence-electron chi connectivity index (χ1n) is 8.59. The minimum Gasteiger partial charge on any atom is -0.369 e. The van der Waals surface area contributed by atoms with E-state index in [4.69, 9.17) is 28.4 Å². The molecular weight excluding hydrogens is 360 g/mol. The van der Waals surface area contributed by atoms with E-state index in [0.29, 0.717) is 40.4 Å². The van der Waals surface area contributed by atoms with Gasteiger partial charge in [0.2, 0.25) is 0 Å². The zero-order valence-electron chi connectivity index (χ0n) is 17.3. The Morgan fingerprint density at radius 3 is 0.778 bits per heavy atom. The Hall–Kier alpha value is -0.480. The van der Waals surface area contributed by atoms with E-state index >= 15 is 0 Å². The zero-order chi connectivity index (χ0) is 20.1. The van der Waals surface area contributed by atoms with E-state index < -0.39 is 0 Å². The molecule has 0 aliphatic carbocycles. The van der Waals surface area contributed by atoms with Crippen LogP contribution in [0.5, 0.6) is 0 Å². The molecule has 12 nitrogen and oxygen atoms in total. The Labute approximate surface area is 161 Å². The zero-order valence-corrected chi connectivity index (χ0v) is 17.3. The van der Waals surface area contributed by atoms with Gasteiger partial charge in [0.15, 0.2) is 0 Å². The third kappa shape index (κ3) is 8.19. The first-order chi connectivity index (χ1) is 13.1. The maximum atomic E-state index is 5.31. The van der Waals surface area contributed by atoms with Crippen LogP contribution in [-0.4, -0.2) is 117 Å². The predicted molar refractivity (Wildman–Crippen MR) is 97.5 cm³/mol. The molecule has 1 rings (SSSR count). The van der Waals surface area contributed by atoms with Crippen molar-refractivity contribution in [1.82, 2.24) is 30.7 Å². The minimum atomic E-state index is -0.256. The van der Waals surface area contributed by atoms with Gasteiger partial charge in [0.25, 0.3) is 0 Å². The highest BCUT2D eigenvalue weighted by Crippen LogP contribution is 2.09. The van der Waals surface area contributed by atoms with E-state index in [-0.39, 0.29) is 18.9 Å². The summed E-state index contributed by atoms with van der Waals surface area (Å²) in [4.78, 5) is 5.91. The smallest absolute Gasteiger partial charge is 0.122 e. The maximum Gasteiger partial charge on any atom is 0.122 e. The Morgan fingerprint density at radius 1 is 0.444 bits per heavy atom. The quantitative estimate of drug-likeness (QED) is 0.271. The molecular formula is C15H36N6O6. The Kier molecular flexibility index (Phi) is 13.2. The number of hydrogen-bond acceptors (Lipinski definition) is 12. The average Bonchev–Trinajstić information content (AvgIpc) is 2.67. The van der Waals surface area contributed by atoms with Crippen molar-refractivity contribution in [3.63, 3.8) is 0 Å². The average molecular weight is 396 g/mol. The number of rotatable bonds is 15. The van der Waals surface area contributed by atoms with Gasteiger partial charge in [0.05, 0.1) is 0 Å². The molecule has 0 bridgehead atoms. The van der Waals surface area contributed by atoms with Crippen LogP contribution in [0.2, 0.25) is 0 Å². The van der Waals surface area contributed by atoms with E-state index in [1.807, 2.05) is 14.7 Å². The molecule has 0 saturated carbocycles. The van der Waals surface area contributed by atoms with Crippen LogP contribution in [0, 0.1) is 0 Å². The monoisotopic (exact) mass is 396 g/mol. The van der Waals surface area contributed by atoms with E-state index in [0.717, 1.165) is 0 Å². The second kappa shape index (κ2) is 14.5. The van der Waals surface area contributed by atoms with E-state index in [2.05, 4.69) is 16.0 Å². The summed E-state index contributed by atoms with van der Waals surface area (Å²) < 4.78 is 31.9. The molecule has 0 aromatic heterocycles. The summed E-state index contributed by atoms with van der Waals surface area (Å²) in [5.74, 6) is 0. The summed E-state index contributed by atoms with van der Waals surface area (Å²) in [5, 5.41) is 10.4. The van der Waals surface area contributed by atoms with Crippen LogP contribution < -0.4 is 16.0 Å². The number of methoxy groups -OCH3 is 6. The standard InChI is InChI=1S/C15H36N6O6/c1-22-7-19(8-23-2)13-16-14(20(9-24-3)10-25-4)18-15(17-13)21(11-26-5)12-27-6/h13-18H,7-12H2,1-6H3. The summed E-state index contributed by atoms with van der Waals surface area (Å²) in [6.07, 6.45) is -0.768. The van der Waals surface area contributed by atoms with Crippen LogP contribution >= 0.6 is 0 Å². The van der Waals surface area contributed by atoms with Crippen molar-refractivity contribution >= 4 is 0 Å². The second-order valence-electron chi connectivity index (χ2n) is 5.98. The topological polar surface area (TPSA) is 101 Å². The van der Waals surface area contributed by atoms with Gasteiger partial charge in [-0.25, -0.2) is 14.7 Å². The summed E-state index contributed by atoms with van der Waals surface area (Å²) in [5.41, 5.74) is 0. The molecule has 0 unspecified atom stereocenters. The van der Waals surface area contributed by atoms with Gasteiger partial charge < -0.3 is 28.4 Å². The van der Waals surface area contributed by atoms with Crippen molar-refractivity contribution in [2.45, 2.75) is 18.9 Å². The molecule has 0 amide bonds.